The maximum absolute atomic E-state index is 12.5. The van der Waals surface area contributed by atoms with Gasteiger partial charge in [-0.25, -0.2) is 0 Å². The zero-order chi connectivity index (χ0) is 19.0. The molecular weight excluding hydrogens is 340 g/mol. The van der Waals surface area contributed by atoms with Crippen LogP contribution in [0.3, 0.4) is 0 Å². The summed E-state index contributed by atoms with van der Waals surface area (Å²) in [5.41, 5.74) is 3.81. The van der Waals surface area contributed by atoms with E-state index in [-0.39, 0.29) is 18.1 Å². The van der Waals surface area contributed by atoms with Gasteiger partial charge >= 0.3 is 0 Å². The predicted molar refractivity (Wildman–Crippen MR) is 104 cm³/mol. The van der Waals surface area contributed by atoms with E-state index in [2.05, 4.69) is 29.2 Å². The van der Waals surface area contributed by atoms with Crippen molar-refractivity contribution in [3.63, 3.8) is 0 Å². The number of hydrogen-bond acceptors (Lipinski definition) is 4. The van der Waals surface area contributed by atoms with Gasteiger partial charge in [0.05, 0.1) is 19.8 Å². The molecule has 142 valence electrons. The van der Waals surface area contributed by atoms with E-state index in [1.165, 1.54) is 11.1 Å². The summed E-state index contributed by atoms with van der Waals surface area (Å²) in [6.07, 6.45) is 0.926. The molecule has 5 heteroatoms. The van der Waals surface area contributed by atoms with Crippen LogP contribution in [0.25, 0.3) is 0 Å². The van der Waals surface area contributed by atoms with Crippen LogP contribution >= 0.6 is 0 Å². The summed E-state index contributed by atoms with van der Waals surface area (Å²) in [4.78, 5) is 16.9. The predicted octanol–water partition coefficient (Wildman–Crippen LogP) is 3.55. The lowest BCUT2D eigenvalue weighted by molar-refractivity contribution is -0.131. The summed E-state index contributed by atoms with van der Waals surface area (Å²) in [7, 11) is 1.65. The van der Waals surface area contributed by atoms with Crippen molar-refractivity contribution >= 4 is 5.91 Å². The topological polar surface area (TPSA) is 42.0 Å². The molecule has 1 saturated heterocycles. The lowest BCUT2D eigenvalue weighted by Crippen LogP contribution is -2.36. The van der Waals surface area contributed by atoms with Crippen molar-refractivity contribution in [2.24, 2.45) is 0 Å². The zero-order valence-corrected chi connectivity index (χ0v) is 16.1. The number of nitrogens with zero attached hydrogens (tertiary/aromatic N) is 2. The first-order valence-corrected chi connectivity index (χ1v) is 9.55. The minimum atomic E-state index is -0.0778. The number of hydrogen-bond donors (Lipinski definition) is 0. The van der Waals surface area contributed by atoms with Crippen molar-refractivity contribution in [3.8, 4) is 11.5 Å². The highest BCUT2D eigenvalue weighted by Gasteiger charge is 2.44. The first-order valence-electron chi connectivity index (χ1n) is 9.55. The molecule has 0 N–H and O–H groups in total. The average Bonchev–Trinajstić information content (AvgIpc) is 3.08. The molecule has 2 heterocycles. The number of carbonyl (C=O) groups is 1. The molecule has 2 aliphatic heterocycles. The van der Waals surface area contributed by atoms with Crippen molar-refractivity contribution in [3.05, 3.63) is 59.2 Å². The van der Waals surface area contributed by atoms with Gasteiger partial charge in [0.1, 0.15) is 6.17 Å². The third-order valence-electron chi connectivity index (χ3n) is 5.62. The summed E-state index contributed by atoms with van der Waals surface area (Å²) >= 11 is 0. The summed E-state index contributed by atoms with van der Waals surface area (Å²) in [5, 5.41) is 0. The summed E-state index contributed by atoms with van der Waals surface area (Å²) in [6.45, 7) is 5.84. The van der Waals surface area contributed by atoms with Gasteiger partial charge in [0.2, 0.25) is 5.91 Å². The van der Waals surface area contributed by atoms with Crippen molar-refractivity contribution in [1.29, 1.82) is 0 Å². The van der Waals surface area contributed by atoms with Gasteiger partial charge in [0, 0.05) is 20.0 Å². The van der Waals surface area contributed by atoms with Crippen LogP contribution in [-0.4, -0.2) is 42.5 Å². The SMILES string of the molecule is CCOc1cc([C@@H]2N(C(C)=O)C[C@@H]3c4ccccc4CCN32)ccc1OC. The number of fused-ring (bicyclic) bond motifs is 3. The molecule has 0 aromatic heterocycles. The molecule has 27 heavy (non-hydrogen) atoms. The summed E-state index contributed by atoms with van der Waals surface area (Å²) in [6, 6.07) is 14.8. The molecule has 0 spiro atoms. The fourth-order valence-electron chi connectivity index (χ4n) is 4.43. The molecule has 0 unspecified atom stereocenters. The third kappa shape index (κ3) is 3.06. The lowest BCUT2D eigenvalue weighted by atomic mass is 9.93. The third-order valence-corrected chi connectivity index (χ3v) is 5.62. The lowest BCUT2D eigenvalue weighted by Gasteiger charge is -2.35. The molecule has 0 saturated carbocycles. The second-order valence-electron chi connectivity index (χ2n) is 7.09. The summed E-state index contributed by atoms with van der Waals surface area (Å²) < 4.78 is 11.2. The van der Waals surface area contributed by atoms with Gasteiger partial charge in [-0.3, -0.25) is 9.69 Å². The Hall–Kier alpha value is -2.53. The number of carbonyl (C=O) groups excluding carboxylic acids is 1. The van der Waals surface area contributed by atoms with Crippen molar-refractivity contribution < 1.29 is 14.3 Å². The maximum Gasteiger partial charge on any atom is 0.221 e. The van der Waals surface area contributed by atoms with Crippen molar-refractivity contribution in [2.75, 3.05) is 26.8 Å². The highest BCUT2D eigenvalue weighted by molar-refractivity contribution is 5.74. The van der Waals surface area contributed by atoms with E-state index in [1.807, 2.05) is 30.0 Å². The Morgan fingerprint density at radius 1 is 1.19 bits per heavy atom. The first-order chi connectivity index (χ1) is 13.1. The van der Waals surface area contributed by atoms with Gasteiger partial charge in [0.25, 0.3) is 0 Å². The number of rotatable bonds is 4. The monoisotopic (exact) mass is 366 g/mol. The van der Waals surface area contributed by atoms with Crippen LogP contribution in [0.1, 0.15) is 42.7 Å². The van der Waals surface area contributed by atoms with Gasteiger partial charge < -0.3 is 14.4 Å². The van der Waals surface area contributed by atoms with Gasteiger partial charge in [-0.15, -0.1) is 0 Å². The Balaban J connectivity index is 1.75. The van der Waals surface area contributed by atoms with E-state index in [9.17, 15) is 4.79 Å². The number of ether oxygens (including phenoxy) is 2. The van der Waals surface area contributed by atoms with E-state index in [0.717, 1.165) is 24.3 Å². The van der Waals surface area contributed by atoms with E-state index in [4.69, 9.17) is 9.47 Å². The van der Waals surface area contributed by atoms with Gasteiger partial charge in [-0.1, -0.05) is 30.3 Å². The fourth-order valence-corrected chi connectivity index (χ4v) is 4.43. The molecule has 0 aliphatic carbocycles. The van der Waals surface area contributed by atoms with E-state index in [0.29, 0.717) is 18.9 Å². The molecule has 2 aromatic rings. The molecule has 0 radical (unpaired) electrons. The van der Waals surface area contributed by atoms with E-state index in [1.54, 1.807) is 14.0 Å². The smallest absolute Gasteiger partial charge is 0.221 e. The van der Waals surface area contributed by atoms with Gasteiger partial charge in [-0.05, 0) is 42.2 Å². The van der Waals surface area contributed by atoms with Crippen LogP contribution in [0.4, 0.5) is 0 Å². The van der Waals surface area contributed by atoms with Crippen LogP contribution in [0.5, 0.6) is 11.5 Å². The molecule has 2 aromatic carbocycles. The molecule has 5 nitrogen and oxygen atoms in total. The highest BCUT2D eigenvalue weighted by atomic mass is 16.5. The molecule has 0 bridgehead atoms. The summed E-state index contributed by atoms with van der Waals surface area (Å²) in [5.74, 6) is 1.54. The molecule has 1 amide bonds. The molecule has 2 aliphatic rings. The van der Waals surface area contributed by atoms with Crippen LogP contribution in [-0.2, 0) is 11.2 Å². The number of amides is 1. The number of benzene rings is 2. The van der Waals surface area contributed by atoms with Crippen LogP contribution in [0, 0.1) is 0 Å². The maximum atomic E-state index is 12.5. The molecular formula is C22H26N2O3. The minimum absolute atomic E-state index is 0.0778. The molecule has 4 rings (SSSR count). The highest BCUT2D eigenvalue weighted by Crippen LogP contribution is 2.45. The first kappa shape index (κ1) is 17.9. The van der Waals surface area contributed by atoms with Crippen molar-refractivity contribution in [2.45, 2.75) is 32.5 Å². The van der Waals surface area contributed by atoms with Crippen molar-refractivity contribution in [1.82, 2.24) is 9.80 Å². The fraction of sp³-hybridized carbons (Fsp3) is 0.409. The molecule has 1 fully saturated rings. The van der Waals surface area contributed by atoms with E-state index < -0.39 is 0 Å². The van der Waals surface area contributed by atoms with Crippen LogP contribution in [0.2, 0.25) is 0 Å². The zero-order valence-electron chi connectivity index (χ0n) is 16.1. The Kier molecular flexibility index (Phi) is 4.79. The second-order valence-corrected chi connectivity index (χ2v) is 7.09. The van der Waals surface area contributed by atoms with Crippen LogP contribution in [0.15, 0.2) is 42.5 Å². The Morgan fingerprint density at radius 2 is 2.00 bits per heavy atom. The normalized spacial score (nSPS) is 21.5. The minimum Gasteiger partial charge on any atom is -0.493 e. The quantitative estimate of drug-likeness (QED) is 0.830. The Bertz CT molecular complexity index is 851. The second kappa shape index (κ2) is 7.24. The Morgan fingerprint density at radius 3 is 2.74 bits per heavy atom. The average molecular weight is 366 g/mol. The van der Waals surface area contributed by atoms with Gasteiger partial charge in [-0.2, -0.15) is 0 Å². The molecule has 2 atom stereocenters. The Labute approximate surface area is 160 Å². The largest absolute Gasteiger partial charge is 0.493 e. The van der Waals surface area contributed by atoms with E-state index >= 15 is 0 Å². The van der Waals surface area contributed by atoms with Crippen LogP contribution < -0.4 is 9.47 Å². The number of methoxy groups -OCH3 is 1. The standard InChI is InChI=1S/C22H26N2O3/c1-4-27-21-13-17(9-10-20(21)26-3)22-23-12-11-16-7-5-6-8-18(16)19(23)14-24(22)15(2)25/h5-10,13,19,22H,4,11-12,14H2,1-3H3/t19-,22+/m1/s1. The van der Waals surface area contributed by atoms with Gasteiger partial charge in [0.15, 0.2) is 11.5 Å².